The van der Waals surface area contributed by atoms with E-state index in [1.54, 1.807) is 29.6 Å². The molecular formula is C23H14I3NO2SSi. The first-order valence-electron chi connectivity index (χ1n) is 9.41. The second-order valence-electron chi connectivity index (χ2n) is 7.47. The van der Waals surface area contributed by atoms with Crippen molar-refractivity contribution in [2.45, 2.75) is 6.55 Å². The Balaban J connectivity index is 1.94. The number of ketones is 1. The summed E-state index contributed by atoms with van der Waals surface area (Å²) in [6, 6.07) is 14.0. The lowest BCUT2D eigenvalue weighted by Gasteiger charge is -2.38. The zero-order valence-electron chi connectivity index (χ0n) is 16.1. The van der Waals surface area contributed by atoms with E-state index in [1.807, 2.05) is 30.3 Å². The van der Waals surface area contributed by atoms with E-state index >= 15 is 0 Å². The third kappa shape index (κ3) is 3.43. The Morgan fingerprint density at radius 1 is 1.00 bits per heavy atom. The van der Waals surface area contributed by atoms with Gasteiger partial charge in [0.2, 0.25) is 0 Å². The molecule has 2 heterocycles. The molecule has 1 atom stereocenters. The van der Waals surface area contributed by atoms with Crippen LogP contribution in [0.25, 0.3) is 10.4 Å². The molecule has 154 valence electrons. The summed E-state index contributed by atoms with van der Waals surface area (Å²) in [6.45, 7) is 2.27. The van der Waals surface area contributed by atoms with Crippen molar-refractivity contribution in [2.75, 3.05) is 0 Å². The number of phenols is 1. The highest BCUT2D eigenvalue weighted by Crippen LogP contribution is 2.45. The van der Waals surface area contributed by atoms with Crippen LogP contribution in [0.4, 0.5) is 5.69 Å². The van der Waals surface area contributed by atoms with Gasteiger partial charge in [-0.05, 0) is 114 Å². The van der Waals surface area contributed by atoms with Gasteiger partial charge in [-0.25, -0.2) is 4.99 Å². The van der Waals surface area contributed by atoms with Crippen LogP contribution in [0.2, 0.25) is 6.55 Å². The summed E-state index contributed by atoms with van der Waals surface area (Å²) in [6.07, 6.45) is 5.17. The lowest BCUT2D eigenvalue weighted by Crippen LogP contribution is -2.61. The van der Waals surface area contributed by atoms with E-state index in [0.717, 1.165) is 35.8 Å². The normalized spacial score (nSPS) is 19.5. The van der Waals surface area contributed by atoms with Gasteiger partial charge < -0.3 is 5.11 Å². The predicted molar refractivity (Wildman–Crippen MR) is 156 cm³/mol. The summed E-state index contributed by atoms with van der Waals surface area (Å²) in [5, 5.41) is 14.4. The molecule has 5 rings (SSSR count). The average Bonchev–Trinajstić information content (AvgIpc) is 3.02. The van der Waals surface area contributed by atoms with E-state index in [1.165, 1.54) is 11.6 Å². The molecule has 3 aromatic rings. The lowest BCUT2D eigenvalue weighted by molar-refractivity contribution is -0.110. The monoisotopic (exact) mass is 777 g/mol. The number of rotatable bonds is 2. The summed E-state index contributed by atoms with van der Waals surface area (Å²) in [4.78, 5) is 18.4. The first-order valence-corrected chi connectivity index (χ1v) is 16.0. The second kappa shape index (κ2) is 8.19. The maximum atomic E-state index is 12.4. The Kier molecular flexibility index (Phi) is 5.81. The number of thiophene rings is 1. The Morgan fingerprint density at radius 2 is 1.74 bits per heavy atom. The second-order valence-corrected chi connectivity index (χ2v) is 16.3. The molecule has 0 saturated heterocycles. The zero-order chi connectivity index (χ0) is 21.9. The van der Waals surface area contributed by atoms with Crippen molar-refractivity contribution in [3.05, 3.63) is 75.9 Å². The van der Waals surface area contributed by atoms with E-state index < -0.39 is 8.07 Å². The molecule has 0 spiro atoms. The van der Waals surface area contributed by atoms with Crippen LogP contribution in [0.1, 0.15) is 0 Å². The summed E-state index contributed by atoms with van der Waals surface area (Å²) >= 11 is 8.80. The largest absolute Gasteiger partial charge is 0.507 e. The lowest BCUT2D eigenvalue weighted by atomic mass is 10.1. The van der Waals surface area contributed by atoms with E-state index in [0.29, 0.717) is 0 Å². The van der Waals surface area contributed by atoms with Gasteiger partial charge in [0, 0.05) is 9.13 Å². The number of phenolic OH excluding ortho intramolecular Hbond substituents is 1. The summed E-state index contributed by atoms with van der Waals surface area (Å²) in [5.41, 5.74) is 2.59. The SMILES string of the molecule is C[Si]1(c2ccccc2)C2=CC(=O)C=CC2=Nc2ccc(O)c(-c3sc(I)c(I)c3I)c21. The molecule has 1 unspecified atom stereocenters. The van der Waals surface area contributed by atoms with Gasteiger partial charge in [-0.1, -0.05) is 36.9 Å². The van der Waals surface area contributed by atoms with Crippen LogP contribution in [0.3, 0.4) is 0 Å². The van der Waals surface area contributed by atoms with Crippen molar-refractivity contribution in [1.82, 2.24) is 0 Å². The standard InChI is InChI=1S/C23H14I3NO2SSi/c1-31(13-5-3-2-4-6-13)17-11-12(28)7-8-14(17)27-15-9-10-16(29)18(22(15)31)21-19(24)20(25)23(26)30-21/h2-11,29H,1H3. The first-order chi connectivity index (χ1) is 14.8. The summed E-state index contributed by atoms with van der Waals surface area (Å²) < 4.78 is 3.55. The Morgan fingerprint density at radius 3 is 2.42 bits per heavy atom. The number of aromatic hydroxyl groups is 1. The quantitative estimate of drug-likeness (QED) is 0.203. The third-order valence-corrected chi connectivity index (χ3v) is 17.4. The van der Waals surface area contributed by atoms with Crippen LogP contribution in [0.5, 0.6) is 5.75 Å². The van der Waals surface area contributed by atoms with Gasteiger partial charge in [0.25, 0.3) is 0 Å². The highest BCUT2D eigenvalue weighted by Gasteiger charge is 2.46. The molecule has 0 fully saturated rings. The van der Waals surface area contributed by atoms with Crippen LogP contribution in [-0.4, -0.2) is 24.7 Å². The minimum atomic E-state index is -2.63. The minimum absolute atomic E-state index is 0.0106. The Bertz CT molecular complexity index is 1360. The van der Waals surface area contributed by atoms with Crippen LogP contribution >= 0.6 is 79.1 Å². The van der Waals surface area contributed by atoms with Crippen LogP contribution < -0.4 is 10.4 Å². The molecule has 1 N–H and O–H groups in total. The summed E-state index contributed by atoms with van der Waals surface area (Å²) in [5.74, 6) is 0.251. The smallest absolute Gasteiger partial charge is 0.178 e. The number of carbonyl (C=O) groups is 1. The van der Waals surface area contributed by atoms with Crippen LogP contribution in [-0.2, 0) is 4.79 Å². The van der Waals surface area contributed by atoms with E-state index in [9.17, 15) is 9.90 Å². The number of halogens is 3. The van der Waals surface area contributed by atoms with Crippen molar-refractivity contribution in [2.24, 2.45) is 4.99 Å². The van der Waals surface area contributed by atoms with Crippen molar-refractivity contribution in [3.8, 4) is 16.2 Å². The number of carbonyl (C=O) groups excluding carboxylic acids is 1. The molecule has 0 saturated carbocycles. The molecule has 31 heavy (non-hydrogen) atoms. The van der Waals surface area contributed by atoms with Gasteiger partial charge in [0.1, 0.15) is 5.75 Å². The molecular weight excluding hydrogens is 763 g/mol. The fourth-order valence-electron chi connectivity index (χ4n) is 4.28. The number of hydrogen-bond donors (Lipinski definition) is 1. The third-order valence-electron chi connectivity index (χ3n) is 5.74. The zero-order valence-corrected chi connectivity index (χ0v) is 24.4. The van der Waals surface area contributed by atoms with E-state index in [-0.39, 0.29) is 11.5 Å². The number of fused-ring (bicyclic) bond motifs is 2. The van der Waals surface area contributed by atoms with Gasteiger partial charge >= 0.3 is 0 Å². The molecule has 1 aromatic heterocycles. The highest BCUT2D eigenvalue weighted by atomic mass is 127. The maximum absolute atomic E-state index is 12.4. The number of hydrogen-bond acceptors (Lipinski definition) is 4. The average molecular weight is 777 g/mol. The van der Waals surface area contributed by atoms with Crippen molar-refractivity contribution in [3.63, 3.8) is 0 Å². The van der Waals surface area contributed by atoms with Crippen LogP contribution in [0.15, 0.2) is 70.9 Å². The molecule has 1 aliphatic carbocycles. The fraction of sp³-hybridized carbons (Fsp3) is 0.0435. The highest BCUT2D eigenvalue weighted by molar-refractivity contribution is 14.1. The first kappa shape index (κ1) is 22.0. The topological polar surface area (TPSA) is 49.7 Å². The number of benzene rings is 2. The molecule has 1 aliphatic heterocycles. The van der Waals surface area contributed by atoms with E-state index in [4.69, 9.17) is 4.99 Å². The van der Waals surface area contributed by atoms with Crippen molar-refractivity contribution < 1.29 is 9.90 Å². The van der Waals surface area contributed by atoms with Gasteiger partial charge in [-0.15, -0.1) is 11.3 Å². The Hall–Kier alpha value is -0.833. The van der Waals surface area contributed by atoms with Gasteiger partial charge in [0.05, 0.1) is 22.7 Å². The molecule has 0 bridgehead atoms. The maximum Gasteiger partial charge on any atom is 0.178 e. The summed E-state index contributed by atoms with van der Waals surface area (Å²) in [7, 11) is -2.63. The van der Waals surface area contributed by atoms with Crippen molar-refractivity contribution in [1.29, 1.82) is 0 Å². The molecule has 8 heteroatoms. The minimum Gasteiger partial charge on any atom is -0.507 e. The van der Waals surface area contributed by atoms with Crippen molar-refractivity contribution >= 4 is 115 Å². The molecule has 0 amide bonds. The van der Waals surface area contributed by atoms with Gasteiger partial charge in [-0.3, -0.25) is 4.79 Å². The molecule has 2 aromatic carbocycles. The molecule has 3 nitrogen and oxygen atoms in total. The van der Waals surface area contributed by atoms with Gasteiger partial charge in [-0.2, -0.15) is 0 Å². The number of aliphatic imine (C=N–C) groups is 1. The number of nitrogens with zero attached hydrogens (tertiary/aromatic N) is 1. The number of allylic oxidation sites excluding steroid dienone is 4. The van der Waals surface area contributed by atoms with E-state index in [2.05, 4.69) is 86.5 Å². The predicted octanol–water partition coefficient (Wildman–Crippen LogP) is 5.82. The fourth-order valence-corrected chi connectivity index (χ4v) is 12.7. The molecule has 2 aliphatic rings. The van der Waals surface area contributed by atoms with Gasteiger partial charge in [0.15, 0.2) is 13.9 Å². The van der Waals surface area contributed by atoms with Crippen LogP contribution in [0, 0.1) is 10.0 Å². The molecule has 0 radical (unpaired) electrons. The Labute approximate surface area is 225 Å².